The molecule has 0 unspecified atom stereocenters. The maximum absolute atomic E-state index is 11.4. The number of unbranched alkanes of at least 4 members (excludes halogenated alkanes) is 2. The van der Waals surface area contributed by atoms with E-state index in [0.717, 1.165) is 13.0 Å². The Morgan fingerprint density at radius 2 is 2.06 bits per heavy atom. The van der Waals surface area contributed by atoms with Gasteiger partial charge >= 0.3 is 0 Å². The molecule has 1 aromatic heterocycles. The number of nitrogens with zero attached hydrogens (tertiary/aromatic N) is 1. The number of aryl methyl sites for hydroxylation is 1. The molecule has 0 amide bonds. The summed E-state index contributed by atoms with van der Waals surface area (Å²) in [6.45, 7) is 4.73. The van der Waals surface area contributed by atoms with Crippen LogP contribution in [-0.2, 0) is 9.84 Å². The number of hydrogen-bond donors (Lipinski definition) is 1. The molecule has 0 fully saturated rings. The molecule has 0 aliphatic carbocycles. The molecular weight excluding hydrogens is 244 g/mol. The van der Waals surface area contributed by atoms with Gasteiger partial charge in [0.05, 0.1) is 5.69 Å². The lowest BCUT2D eigenvalue weighted by molar-refractivity contribution is 0.603. The lowest BCUT2D eigenvalue weighted by Crippen LogP contribution is -2.00. The standard InChI is InChI=1S/C10H18N2O2S2/c1-4-5-6-7-11-10-12-8(2)9(15-10)16(3,13)14/h4-7H2,1-3H3,(H,11,12). The largest absolute Gasteiger partial charge is 0.361 e. The van der Waals surface area contributed by atoms with Crippen LogP contribution in [0.15, 0.2) is 4.21 Å². The van der Waals surface area contributed by atoms with Crippen molar-refractivity contribution in [3.8, 4) is 0 Å². The van der Waals surface area contributed by atoms with Gasteiger partial charge in [-0.1, -0.05) is 31.1 Å². The molecule has 0 radical (unpaired) electrons. The fraction of sp³-hybridized carbons (Fsp3) is 0.700. The Balaban J connectivity index is 2.64. The van der Waals surface area contributed by atoms with Crippen molar-refractivity contribution in [2.24, 2.45) is 0 Å². The number of anilines is 1. The number of thiazole rings is 1. The highest BCUT2D eigenvalue weighted by atomic mass is 32.2. The maximum Gasteiger partial charge on any atom is 0.186 e. The Labute approximate surface area is 101 Å². The van der Waals surface area contributed by atoms with Crippen molar-refractivity contribution in [2.75, 3.05) is 18.1 Å². The Hall–Kier alpha value is -0.620. The van der Waals surface area contributed by atoms with Gasteiger partial charge in [0, 0.05) is 12.8 Å². The van der Waals surface area contributed by atoms with E-state index >= 15 is 0 Å². The van der Waals surface area contributed by atoms with Gasteiger partial charge in [0.15, 0.2) is 15.0 Å². The van der Waals surface area contributed by atoms with E-state index in [2.05, 4.69) is 17.2 Å². The maximum atomic E-state index is 11.4. The topological polar surface area (TPSA) is 59.1 Å². The number of rotatable bonds is 6. The number of sulfone groups is 1. The molecule has 4 nitrogen and oxygen atoms in total. The van der Waals surface area contributed by atoms with Crippen LogP contribution >= 0.6 is 11.3 Å². The first-order valence-corrected chi connectivity index (χ1v) is 8.07. The minimum atomic E-state index is -3.13. The van der Waals surface area contributed by atoms with Crippen molar-refractivity contribution in [3.05, 3.63) is 5.69 Å². The summed E-state index contributed by atoms with van der Waals surface area (Å²) in [5, 5.41) is 3.86. The van der Waals surface area contributed by atoms with Crippen molar-refractivity contribution in [1.29, 1.82) is 0 Å². The van der Waals surface area contributed by atoms with Crippen molar-refractivity contribution in [3.63, 3.8) is 0 Å². The SMILES string of the molecule is CCCCCNc1nc(C)c(S(C)(=O)=O)s1. The summed E-state index contributed by atoms with van der Waals surface area (Å²) >= 11 is 1.21. The summed E-state index contributed by atoms with van der Waals surface area (Å²) in [5.74, 6) is 0. The van der Waals surface area contributed by atoms with Gasteiger partial charge in [0.25, 0.3) is 0 Å². The zero-order valence-corrected chi connectivity index (χ0v) is 11.5. The molecule has 92 valence electrons. The Bertz CT molecular complexity index is 438. The quantitative estimate of drug-likeness (QED) is 0.800. The molecule has 1 N–H and O–H groups in total. The molecule has 0 atom stereocenters. The van der Waals surface area contributed by atoms with Gasteiger partial charge in [-0.05, 0) is 13.3 Å². The van der Waals surface area contributed by atoms with E-state index in [1.807, 2.05) is 0 Å². The molecule has 1 heterocycles. The molecule has 1 rings (SSSR count). The fourth-order valence-electron chi connectivity index (χ4n) is 1.37. The first-order chi connectivity index (χ1) is 7.45. The third-order valence-electron chi connectivity index (χ3n) is 2.15. The highest BCUT2D eigenvalue weighted by Gasteiger charge is 2.16. The van der Waals surface area contributed by atoms with Crippen molar-refractivity contribution in [1.82, 2.24) is 4.98 Å². The van der Waals surface area contributed by atoms with E-state index in [9.17, 15) is 8.42 Å². The van der Waals surface area contributed by atoms with Crippen LogP contribution < -0.4 is 5.32 Å². The summed E-state index contributed by atoms with van der Waals surface area (Å²) in [7, 11) is -3.13. The first kappa shape index (κ1) is 13.4. The van der Waals surface area contributed by atoms with E-state index in [1.54, 1.807) is 6.92 Å². The fourth-order valence-corrected chi connectivity index (χ4v) is 3.52. The molecule has 0 spiro atoms. The Morgan fingerprint density at radius 1 is 1.38 bits per heavy atom. The molecule has 0 saturated heterocycles. The molecule has 0 aromatic carbocycles. The van der Waals surface area contributed by atoms with Crippen LogP contribution in [0.5, 0.6) is 0 Å². The van der Waals surface area contributed by atoms with Crippen LogP contribution in [-0.4, -0.2) is 26.2 Å². The third kappa shape index (κ3) is 3.75. The second kappa shape index (κ2) is 5.63. The van der Waals surface area contributed by atoms with Crippen LogP contribution in [0.4, 0.5) is 5.13 Å². The molecule has 0 aliphatic heterocycles. The van der Waals surface area contributed by atoms with Crippen molar-refractivity contribution >= 4 is 26.3 Å². The van der Waals surface area contributed by atoms with E-state index in [1.165, 1.54) is 30.4 Å². The summed E-state index contributed by atoms with van der Waals surface area (Å²) < 4.78 is 23.1. The molecule has 6 heteroatoms. The van der Waals surface area contributed by atoms with Gasteiger partial charge in [-0.25, -0.2) is 13.4 Å². The number of hydrogen-bond acceptors (Lipinski definition) is 5. The van der Waals surface area contributed by atoms with Crippen molar-refractivity contribution < 1.29 is 8.42 Å². The second-order valence-corrected chi connectivity index (χ2v) is 7.01. The lowest BCUT2D eigenvalue weighted by atomic mass is 10.2. The van der Waals surface area contributed by atoms with Gasteiger partial charge in [0.1, 0.15) is 4.21 Å². The normalized spacial score (nSPS) is 11.7. The number of aromatic nitrogens is 1. The number of nitrogens with one attached hydrogen (secondary N) is 1. The smallest absolute Gasteiger partial charge is 0.186 e. The molecule has 0 saturated carbocycles. The first-order valence-electron chi connectivity index (χ1n) is 5.36. The molecular formula is C10H18N2O2S2. The molecule has 16 heavy (non-hydrogen) atoms. The lowest BCUT2D eigenvalue weighted by Gasteiger charge is -2.00. The molecule has 0 bridgehead atoms. The predicted octanol–water partition coefficient (Wildman–Crippen LogP) is 2.46. The van der Waals surface area contributed by atoms with E-state index in [0.29, 0.717) is 15.0 Å². The third-order valence-corrected chi connectivity index (χ3v) is 5.18. The van der Waals surface area contributed by atoms with E-state index < -0.39 is 9.84 Å². The second-order valence-electron chi connectivity index (χ2n) is 3.80. The average molecular weight is 262 g/mol. The highest BCUT2D eigenvalue weighted by Crippen LogP contribution is 2.26. The van der Waals surface area contributed by atoms with Crippen molar-refractivity contribution in [2.45, 2.75) is 37.3 Å². The highest BCUT2D eigenvalue weighted by molar-refractivity contribution is 7.92. The monoisotopic (exact) mass is 262 g/mol. The van der Waals surface area contributed by atoms with Gasteiger partial charge in [-0.3, -0.25) is 0 Å². The van der Waals surface area contributed by atoms with Gasteiger partial charge in [-0.15, -0.1) is 0 Å². The van der Waals surface area contributed by atoms with Crippen LogP contribution in [0.25, 0.3) is 0 Å². The van der Waals surface area contributed by atoms with Crippen LogP contribution in [0.3, 0.4) is 0 Å². The minimum Gasteiger partial charge on any atom is -0.361 e. The minimum absolute atomic E-state index is 0.366. The Kier molecular flexibility index (Phi) is 4.73. The van der Waals surface area contributed by atoms with Gasteiger partial charge in [-0.2, -0.15) is 0 Å². The zero-order chi connectivity index (χ0) is 12.2. The molecule has 1 aromatic rings. The average Bonchev–Trinajstić information content (AvgIpc) is 2.54. The summed E-state index contributed by atoms with van der Waals surface area (Å²) in [4.78, 5) is 4.20. The van der Waals surface area contributed by atoms with Gasteiger partial charge < -0.3 is 5.32 Å². The van der Waals surface area contributed by atoms with E-state index in [-0.39, 0.29) is 0 Å². The summed E-state index contributed by atoms with van der Waals surface area (Å²) in [6.07, 6.45) is 4.65. The van der Waals surface area contributed by atoms with Crippen LogP contribution in [0, 0.1) is 6.92 Å². The summed E-state index contributed by atoms with van der Waals surface area (Å²) in [6, 6.07) is 0. The van der Waals surface area contributed by atoms with Crippen LogP contribution in [0.1, 0.15) is 31.9 Å². The Morgan fingerprint density at radius 3 is 2.56 bits per heavy atom. The zero-order valence-electron chi connectivity index (χ0n) is 9.91. The molecule has 0 aliphatic rings. The van der Waals surface area contributed by atoms with E-state index in [4.69, 9.17) is 0 Å². The summed E-state index contributed by atoms with van der Waals surface area (Å²) in [5.41, 5.74) is 0.588. The van der Waals surface area contributed by atoms with Crippen LogP contribution in [0.2, 0.25) is 0 Å². The predicted molar refractivity (Wildman–Crippen MR) is 68.0 cm³/mol. The van der Waals surface area contributed by atoms with Gasteiger partial charge in [0.2, 0.25) is 0 Å².